The first-order valence-electron chi connectivity index (χ1n) is 6.91. The van der Waals surface area contributed by atoms with Crippen LogP contribution in [0.3, 0.4) is 0 Å². The molecule has 0 radical (unpaired) electrons. The minimum Gasteiger partial charge on any atom is -0.493 e. The topological polar surface area (TPSA) is 84.9 Å². The van der Waals surface area contributed by atoms with Gasteiger partial charge in [-0.3, -0.25) is 9.59 Å². The summed E-state index contributed by atoms with van der Waals surface area (Å²) in [5.74, 6) is -1.08. The Morgan fingerprint density at radius 3 is 2.52 bits per heavy atom. The molecular weight excluding hydrogens is 274 g/mol. The number of carboxylic acids is 1. The van der Waals surface area contributed by atoms with Gasteiger partial charge < -0.3 is 19.9 Å². The van der Waals surface area contributed by atoms with Gasteiger partial charge in [-0.1, -0.05) is 0 Å². The van der Waals surface area contributed by atoms with E-state index in [2.05, 4.69) is 5.32 Å². The van der Waals surface area contributed by atoms with E-state index < -0.39 is 17.8 Å². The van der Waals surface area contributed by atoms with Crippen molar-refractivity contribution in [3.63, 3.8) is 0 Å². The minimum absolute atomic E-state index is 0.264. The molecule has 0 aliphatic heterocycles. The van der Waals surface area contributed by atoms with Crippen molar-refractivity contribution in [3.8, 4) is 11.5 Å². The summed E-state index contributed by atoms with van der Waals surface area (Å²) < 4.78 is 10.6. The van der Waals surface area contributed by atoms with Crippen molar-refractivity contribution in [1.29, 1.82) is 0 Å². The number of hydrogen-bond donors (Lipinski definition) is 2. The molecule has 0 aromatic heterocycles. The first-order valence-corrected chi connectivity index (χ1v) is 6.91. The van der Waals surface area contributed by atoms with Gasteiger partial charge >= 0.3 is 5.97 Å². The maximum absolute atomic E-state index is 12.1. The molecule has 21 heavy (non-hydrogen) atoms. The van der Waals surface area contributed by atoms with Crippen molar-refractivity contribution in [2.24, 2.45) is 11.8 Å². The molecule has 0 heterocycles. The number of carbonyl (C=O) groups is 2. The van der Waals surface area contributed by atoms with Gasteiger partial charge in [0, 0.05) is 11.8 Å². The molecule has 2 rings (SSSR count). The Balaban J connectivity index is 2.06. The third kappa shape index (κ3) is 3.26. The van der Waals surface area contributed by atoms with Crippen molar-refractivity contribution in [2.75, 3.05) is 19.0 Å². The molecule has 1 aromatic rings. The summed E-state index contributed by atoms with van der Waals surface area (Å²) in [7, 11) is 1.52. The minimum atomic E-state index is -0.911. The van der Waals surface area contributed by atoms with Gasteiger partial charge in [-0.15, -0.1) is 0 Å². The Bertz CT molecular complexity index is 543. The number of carboxylic acid groups (broad SMARTS) is 1. The number of anilines is 1. The van der Waals surface area contributed by atoms with Gasteiger partial charge in [0.2, 0.25) is 5.91 Å². The zero-order valence-corrected chi connectivity index (χ0v) is 12.1. The Hall–Kier alpha value is -2.24. The summed E-state index contributed by atoms with van der Waals surface area (Å²) in [5.41, 5.74) is 0.566. The van der Waals surface area contributed by atoms with Crippen LogP contribution in [0.1, 0.15) is 19.8 Å². The molecule has 2 N–H and O–H groups in total. The van der Waals surface area contributed by atoms with Crippen LogP contribution in [0.4, 0.5) is 5.69 Å². The van der Waals surface area contributed by atoms with E-state index in [9.17, 15) is 9.59 Å². The molecule has 0 spiro atoms. The van der Waals surface area contributed by atoms with Crippen LogP contribution in [0.25, 0.3) is 0 Å². The van der Waals surface area contributed by atoms with Crippen LogP contribution < -0.4 is 14.8 Å². The normalized spacial score (nSPS) is 20.3. The van der Waals surface area contributed by atoms with E-state index in [-0.39, 0.29) is 5.91 Å². The van der Waals surface area contributed by atoms with Crippen LogP contribution in [0.15, 0.2) is 18.2 Å². The zero-order valence-electron chi connectivity index (χ0n) is 12.1. The summed E-state index contributed by atoms with van der Waals surface area (Å²) in [6, 6.07) is 5.09. The van der Waals surface area contributed by atoms with Crippen LogP contribution in [0, 0.1) is 11.8 Å². The number of benzene rings is 1. The molecule has 2 unspecified atom stereocenters. The first kappa shape index (κ1) is 15.2. The summed E-state index contributed by atoms with van der Waals surface area (Å²) in [6.07, 6.45) is 1.16. The molecule has 1 aromatic carbocycles. The Labute approximate surface area is 123 Å². The molecule has 0 saturated heterocycles. The van der Waals surface area contributed by atoms with Crippen molar-refractivity contribution in [2.45, 2.75) is 19.8 Å². The summed E-state index contributed by atoms with van der Waals surface area (Å²) in [5, 5.41) is 11.7. The molecule has 6 nitrogen and oxygen atoms in total. The summed E-state index contributed by atoms with van der Waals surface area (Å²) in [4.78, 5) is 23.0. The highest BCUT2D eigenvalue weighted by atomic mass is 16.5. The van der Waals surface area contributed by atoms with Gasteiger partial charge in [-0.2, -0.15) is 0 Å². The predicted octanol–water partition coefficient (Wildman–Crippen LogP) is 2.14. The van der Waals surface area contributed by atoms with Crippen LogP contribution >= 0.6 is 0 Å². The van der Waals surface area contributed by atoms with Crippen LogP contribution in [-0.2, 0) is 9.59 Å². The van der Waals surface area contributed by atoms with E-state index in [1.165, 1.54) is 7.11 Å². The SMILES string of the molecule is CCOc1ccc(NC(=O)C2CCC2C(=O)O)cc1OC. The van der Waals surface area contributed by atoms with Crippen LogP contribution in [0.5, 0.6) is 11.5 Å². The number of aliphatic carboxylic acids is 1. The van der Waals surface area contributed by atoms with E-state index >= 15 is 0 Å². The molecule has 2 atom stereocenters. The molecule has 6 heteroatoms. The number of rotatable bonds is 6. The lowest BCUT2D eigenvalue weighted by Gasteiger charge is -2.31. The highest BCUT2D eigenvalue weighted by molar-refractivity contribution is 5.96. The number of nitrogens with one attached hydrogen (secondary N) is 1. The smallest absolute Gasteiger partial charge is 0.307 e. The molecule has 1 saturated carbocycles. The number of methoxy groups -OCH3 is 1. The maximum Gasteiger partial charge on any atom is 0.307 e. The van der Waals surface area contributed by atoms with Gasteiger partial charge in [-0.05, 0) is 31.9 Å². The lowest BCUT2D eigenvalue weighted by atomic mass is 9.73. The fourth-order valence-corrected chi connectivity index (χ4v) is 2.36. The number of hydrogen-bond acceptors (Lipinski definition) is 4. The second-order valence-electron chi connectivity index (χ2n) is 4.92. The third-order valence-electron chi connectivity index (χ3n) is 3.66. The maximum atomic E-state index is 12.1. The Kier molecular flexibility index (Phi) is 4.67. The van der Waals surface area contributed by atoms with E-state index in [1.807, 2.05) is 6.92 Å². The highest BCUT2D eigenvalue weighted by Gasteiger charge is 2.41. The van der Waals surface area contributed by atoms with Crippen LogP contribution in [-0.4, -0.2) is 30.7 Å². The predicted molar refractivity (Wildman–Crippen MR) is 76.6 cm³/mol. The summed E-state index contributed by atoms with van der Waals surface area (Å²) >= 11 is 0. The van der Waals surface area contributed by atoms with Gasteiger partial charge in [0.1, 0.15) is 0 Å². The van der Waals surface area contributed by atoms with Crippen molar-refractivity contribution < 1.29 is 24.2 Å². The fraction of sp³-hybridized carbons (Fsp3) is 0.467. The van der Waals surface area contributed by atoms with Crippen molar-refractivity contribution in [3.05, 3.63) is 18.2 Å². The van der Waals surface area contributed by atoms with E-state index in [0.29, 0.717) is 36.6 Å². The molecule has 1 aliphatic rings. The standard InChI is InChI=1S/C15H19NO5/c1-3-21-12-7-4-9(8-13(12)20-2)16-14(17)10-5-6-11(10)15(18)19/h4,7-8,10-11H,3,5-6H2,1-2H3,(H,16,17)(H,18,19). The number of amides is 1. The molecule has 1 amide bonds. The van der Waals surface area contributed by atoms with Gasteiger partial charge in [0.05, 0.1) is 25.6 Å². The monoisotopic (exact) mass is 293 g/mol. The summed E-state index contributed by atoms with van der Waals surface area (Å²) in [6.45, 7) is 2.39. The van der Waals surface area contributed by atoms with E-state index in [4.69, 9.17) is 14.6 Å². The Morgan fingerprint density at radius 1 is 1.29 bits per heavy atom. The Morgan fingerprint density at radius 2 is 2.00 bits per heavy atom. The van der Waals surface area contributed by atoms with Crippen molar-refractivity contribution in [1.82, 2.24) is 0 Å². The quantitative estimate of drug-likeness (QED) is 0.839. The first-order chi connectivity index (χ1) is 10.1. The fourth-order valence-electron chi connectivity index (χ4n) is 2.36. The zero-order chi connectivity index (χ0) is 15.4. The van der Waals surface area contributed by atoms with Crippen molar-refractivity contribution >= 4 is 17.6 Å². The van der Waals surface area contributed by atoms with Crippen LogP contribution in [0.2, 0.25) is 0 Å². The largest absolute Gasteiger partial charge is 0.493 e. The lowest BCUT2D eigenvalue weighted by Crippen LogP contribution is -2.41. The molecule has 1 fully saturated rings. The molecule has 114 valence electrons. The third-order valence-corrected chi connectivity index (χ3v) is 3.66. The van der Waals surface area contributed by atoms with Gasteiger partial charge in [0.25, 0.3) is 0 Å². The second kappa shape index (κ2) is 6.47. The average Bonchev–Trinajstić information content (AvgIpc) is 2.38. The van der Waals surface area contributed by atoms with Gasteiger partial charge in [-0.25, -0.2) is 0 Å². The second-order valence-corrected chi connectivity index (χ2v) is 4.92. The average molecular weight is 293 g/mol. The van der Waals surface area contributed by atoms with E-state index in [0.717, 1.165) is 0 Å². The van der Waals surface area contributed by atoms with Gasteiger partial charge in [0.15, 0.2) is 11.5 Å². The molecule has 0 bridgehead atoms. The molecular formula is C15H19NO5. The highest BCUT2D eigenvalue weighted by Crippen LogP contribution is 2.36. The lowest BCUT2D eigenvalue weighted by molar-refractivity contribution is -0.151. The number of carbonyl (C=O) groups excluding carboxylic acids is 1. The van der Waals surface area contributed by atoms with E-state index in [1.54, 1.807) is 18.2 Å². The number of ether oxygens (including phenoxy) is 2. The molecule has 1 aliphatic carbocycles.